The Hall–Kier alpha value is -6.64. The molecule has 11 atom stereocenters. The first-order valence-corrected chi connectivity index (χ1v) is 34.5. The third-order valence-corrected chi connectivity index (χ3v) is 19.3. The molecule has 2 aromatic carbocycles. The minimum absolute atomic E-state index is 0.0216. The van der Waals surface area contributed by atoms with Crippen molar-refractivity contribution in [3.63, 3.8) is 0 Å². The number of likely N-dealkylation sites (N-methyl/N-ethyl adjacent to an activating group) is 6. The largest absolute Gasteiger partial charge is 0.393 e. The van der Waals surface area contributed by atoms with Crippen molar-refractivity contribution in [2.45, 2.75) is 201 Å². The molecule has 0 aliphatic carbocycles. The molecule has 2 heterocycles. The number of likely N-dealkylation sites (tertiary alicyclic amines) is 1. The molecule has 94 heavy (non-hydrogen) atoms. The molecule has 0 unspecified atom stereocenters. The van der Waals surface area contributed by atoms with Crippen LogP contribution in [-0.4, -0.2) is 222 Å². The Morgan fingerprint density at radius 3 is 1.72 bits per heavy atom. The predicted octanol–water partition coefficient (Wildman–Crippen LogP) is 7.29. The fraction of sp³-hybridized carbons (Fsp3) is 0.676. The van der Waals surface area contributed by atoms with Gasteiger partial charge >= 0.3 is 0 Å². The van der Waals surface area contributed by atoms with Gasteiger partial charge in [0.05, 0.1) is 56.2 Å². The van der Waals surface area contributed by atoms with Gasteiger partial charge in [-0.25, -0.2) is 0 Å². The average molecular weight is 1310 g/mol. The van der Waals surface area contributed by atoms with Crippen LogP contribution in [0.15, 0.2) is 72.9 Å². The Kier molecular flexibility index (Phi) is 32.9. The minimum atomic E-state index is -1.30. The number of aliphatic hydroxyl groups is 1. The van der Waals surface area contributed by atoms with Crippen molar-refractivity contribution in [3.05, 3.63) is 84.1 Å². The predicted molar refractivity (Wildman–Crippen MR) is 369 cm³/mol. The number of carbonyl (C=O) groups is 10. The molecule has 524 valence electrons. The number of nitrogens with zero attached hydrogens (tertiary/aromatic N) is 7. The highest BCUT2D eigenvalue weighted by molar-refractivity contribution is 5.97. The third-order valence-electron chi connectivity index (χ3n) is 19.3. The van der Waals surface area contributed by atoms with Crippen LogP contribution >= 0.6 is 0 Å². The summed E-state index contributed by atoms with van der Waals surface area (Å²) in [6.45, 7) is 23.7. The number of nitrogens with one attached hydrogen (secondary N) is 2. The SMILES string of the molecule is C=C1[C@H](CC(C)C)C(=O)[C@H](C)CC(=O)[C@H]([C@@H](C)CC)N(C)C(=O)CN(C)C(=O)C[C@@H](C(=O)N2CCCCC2)NC(=O)[C@H](CC(C)C)N(C)CC(=O)C[C@H](CC(C)C)N(C)CC(=O)[C@H](Cc2ccccc2)N(C)C(=O)C[C@H]([C@@H](C)O)CNC(=O)C[C@H](Cc2ccccc2)N1C. The van der Waals surface area contributed by atoms with E-state index in [1.54, 1.807) is 44.8 Å². The fourth-order valence-corrected chi connectivity index (χ4v) is 13.2. The number of hydrogen-bond donors (Lipinski definition) is 3. The lowest BCUT2D eigenvalue weighted by Crippen LogP contribution is -2.56. The number of carbonyl (C=O) groups excluding carboxylic acids is 10. The molecule has 0 bridgehead atoms. The summed E-state index contributed by atoms with van der Waals surface area (Å²) in [6, 6.07) is 14.0. The van der Waals surface area contributed by atoms with E-state index in [9.17, 15) is 53.1 Å². The van der Waals surface area contributed by atoms with Gasteiger partial charge in [-0.05, 0) is 107 Å². The summed E-state index contributed by atoms with van der Waals surface area (Å²) in [5.74, 6) is -6.40. The van der Waals surface area contributed by atoms with E-state index in [4.69, 9.17) is 0 Å². The second-order valence-corrected chi connectivity index (χ2v) is 28.7. The van der Waals surface area contributed by atoms with E-state index in [2.05, 4.69) is 17.2 Å². The molecule has 2 fully saturated rings. The lowest BCUT2D eigenvalue weighted by atomic mass is 9.81. The van der Waals surface area contributed by atoms with E-state index in [0.29, 0.717) is 50.9 Å². The van der Waals surface area contributed by atoms with Gasteiger partial charge in [0.15, 0.2) is 11.6 Å². The topological polar surface area (TPSA) is 238 Å². The summed E-state index contributed by atoms with van der Waals surface area (Å²) in [5.41, 5.74) is 2.23. The van der Waals surface area contributed by atoms with E-state index in [1.807, 2.05) is 133 Å². The Morgan fingerprint density at radius 1 is 0.596 bits per heavy atom. The van der Waals surface area contributed by atoms with Crippen molar-refractivity contribution in [1.82, 2.24) is 44.9 Å². The summed E-state index contributed by atoms with van der Waals surface area (Å²) >= 11 is 0. The molecule has 0 spiro atoms. The molecule has 6 amide bonds. The van der Waals surface area contributed by atoms with Gasteiger partial charge in [-0.1, -0.05) is 136 Å². The number of Topliss-reactive ketones (excluding diaryl/α,β-unsaturated/α-hetero) is 4. The van der Waals surface area contributed by atoms with Crippen LogP contribution < -0.4 is 10.6 Å². The number of ketones is 4. The summed E-state index contributed by atoms with van der Waals surface area (Å²) in [7, 11) is 9.84. The molecule has 0 saturated carbocycles. The van der Waals surface area contributed by atoms with Crippen LogP contribution in [0.2, 0.25) is 0 Å². The summed E-state index contributed by atoms with van der Waals surface area (Å²) < 4.78 is 0. The van der Waals surface area contributed by atoms with Crippen LogP contribution in [0, 0.1) is 41.4 Å². The van der Waals surface area contributed by atoms with Gasteiger partial charge < -0.3 is 40.2 Å². The Balaban J connectivity index is 1.82. The van der Waals surface area contributed by atoms with Crippen molar-refractivity contribution in [1.29, 1.82) is 0 Å². The van der Waals surface area contributed by atoms with Crippen LogP contribution in [0.3, 0.4) is 0 Å². The van der Waals surface area contributed by atoms with Crippen LogP contribution in [0.5, 0.6) is 0 Å². The van der Waals surface area contributed by atoms with Gasteiger partial charge in [0.25, 0.3) is 0 Å². The summed E-state index contributed by atoms with van der Waals surface area (Å²) in [5, 5.41) is 17.2. The molecule has 20 nitrogen and oxygen atoms in total. The average Bonchev–Trinajstić information content (AvgIpc) is 0.861. The Bertz CT molecular complexity index is 2820. The zero-order chi connectivity index (χ0) is 70.3. The zero-order valence-electron chi connectivity index (χ0n) is 59.9. The quantitative estimate of drug-likeness (QED) is 0.169. The van der Waals surface area contributed by atoms with E-state index in [0.717, 1.165) is 30.4 Å². The molecular weight excluding hydrogens is 1190 g/mol. The van der Waals surface area contributed by atoms with Crippen molar-refractivity contribution in [2.75, 3.05) is 81.6 Å². The van der Waals surface area contributed by atoms with Gasteiger partial charge in [0.2, 0.25) is 35.4 Å². The fourth-order valence-electron chi connectivity index (χ4n) is 13.2. The van der Waals surface area contributed by atoms with Gasteiger partial charge in [-0.3, -0.25) is 57.7 Å². The van der Waals surface area contributed by atoms with Crippen LogP contribution in [0.1, 0.15) is 157 Å². The lowest BCUT2D eigenvalue weighted by Gasteiger charge is -2.37. The minimum Gasteiger partial charge on any atom is -0.393 e. The van der Waals surface area contributed by atoms with Gasteiger partial charge in [0, 0.05) is 103 Å². The van der Waals surface area contributed by atoms with Gasteiger partial charge in [-0.2, -0.15) is 0 Å². The number of amides is 6. The third kappa shape index (κ3) is 24.8. The van der Waals surface area contributed by atoms with E-state index < -0.39 is 103 Å². The first-order chi connectivity index (χ1) is 44.2. The van der Waals surface area contributed by atoms with E-state index in [-0.39, 0.29) is 104 Å². The maximum Gasteiger partial charge on any atom is 0.245 e. The number of hydrogen-bond acceptors (Lipinski definition) is 14. The molecule has 2 saturated heterocycles. The lowest BCUT2D eigenvalue weighted by molar-refractivity contribution is -0.146. The number of rotatable bonds is 14. The number of benzene rings is 2. The smallest absolute Gasteiger partial charge is 0.245 e. The highest BCUT2D eigenvalue weighted by Crippen LogP contribution is 2.31. The number of allylic oxidation sites excluding steroid dienone is 1. The normalized spacial score (nSPS) is 26.1. The molecule has 2 aliphatic heterocycles. The first-order valence-electron chi connectivity index (χ1n) is 34.5. The highest BCUT2D eigenvalue weighted by atomic mass is 16.3. The standard InChI is InChI=1S/C74H117N9O11/c1-18-51(8)71-65(86)37-52(9)72(92)61(35-49(4)5)53(10)80(15)59(38-55-28-22-19-23-29-55)42-67(88)75-44-57(54(11)84)40-69(90)81(16)63(39-56-30-24-20-25-31-56)66(87)46-77(12)58(34-48(2)3)41-60(85)45-78(13)64(36-50(6)7)73(93)76-62(74(94)83-32-26-21-27-33-83)43-68(89)79(14)47-70(91)82(71)17/h19-20,22-25,28-31,48-52,54,57-59,61-64,71,84H,10,18,21,26-27,32-47H2,1-9,11-17H3,(H,75,88)(H,76,93)/t51-,52+,54+,57-,58-,59-,61-,62-,63-,64-,71-/m0/s1. The number of piperidine rings is 1. The monoisotopic (exact) mass is 1310 g/mol. The van der Waals surface area contributed by atoms with Crippen molar-refractivity contribution >= 4 is 58.6 Å². The molecular formula is C74H117N9O11. The van der Waals surface area contributed by atoms with Crippen LogP contribution in [0.4, 0.5) is 0 Å². The second kappa shape index (κ2) is 38.8. The number of aliphatic hydroxyl groups excluding tert-OH is 1. The summed E-state index contributed by atoms with van der Waals surface area (Å²) in [6.07, 6.45) is 2.89. The van der Waals surface area contributed by atoms with Crippen LogP contribution in [-0.2, 0) is 60.8 Å². The molecule has 0 radical (unpaired) electrons. The van der Waals surface area contributed by atoms with E-state index in [1.165, 1.54) is 28.8 Å². The van der Waals surface area contributed by atoms with Crippen LogP contribution in [0.25, 0.3) is 0 Å². The highest BCUT2D eigenvalue weighted by Gasteiger charge is 2.40. The zero-order valence-corrected chi connectivity index (χ0v) is 59.9. The van der Waals surface area contributed by atoms with Gasteiger partial charge in [-0.15, -0.1) is 0 Å². The molecule has 4 rings (SSSR count). The molecule has 3 N–H and O–H groups in total. The maximum absolute atomic E-state index is 15.0. The maximum atomic E-state index is 15.0. The molecule has 2 aliphatic rings. The molecule has 2 aromatic rings. The van der Waals surface area contributed by atoms with Gasteiger partial charge in [0.1, 0.15) is 17.6 Å². The molecule has 20 heteroatoms. The van der Waals surface area contributed by atoms with E-state index >= 15 is 0 Å². The van der Waals surface area contributed by atoms with Crippen molar-refractivity contribution < 1.29 is 53.1 Å². The molecule has 0 aromatic heterocycles. The Labute approximate surface area is 562 Å². The second-order valence-electron chi connectivity index (χ2n) is 28.7. The van der Waals surface area contributed by atoms with Crippen molar-refractivity contribution in [2.24, 2.45) is 41.4 Å². The Morgan fingerprint density at radius 2 is 1.17 bits per heavy atom. The van der Waals surface area contributed by atoms with Crippen molar-refractivity contribution in [3.8, 4) is 0 Å². The summed E-state index contributed by atoms with van der Waals surface area (Å²) in [4.78, 5) is 157. The first kappa shape index (κ1) is 79.8.